The number of rotatable bonds is 7. The molecule has 2 fully saturated rings. The maximum Gasteiger partial charge on any atom is 0.303 e. The van der Waals surface area contributed by atoms with Crippen molar-refractivity contribution >= 4 is 63.7 Å². The van der Waals surface area contributed by atoms with Crippen molar-refractivity contribution < 1.29 is 47.7 Å². The molecule has 14 heteroatoms. The average molecular weight is 567 g/mol. The number of pyridine rings is 1. The van der Waals surface area contributed by atoms with Crippen LogP contribution in [0.3, 0.4) is 0 Å². The van der Waals surface area contributed by atoms with Crippen LogP contribution in [-0.2, 0) is 47.7 Å². The third kappa shape index (κ3) is 6.74. The number of hydrogen-bond acceptors (Lipinski definition) is 13. The summed E-state index contributed by atoms with van der Waals surface area (Å²) in [5.41, 5.74) is 1.10. The Morgan fingerprint density at radius 1 is 0.947 bits per heavy atom. The highest BCUT2D eigenvalue weighted by Crippen LogP contribution is 2.41. The molecule has 0 saturated carbocycles. The quantitative estimate of drug-likeness (QED) is 0.204. The van der Waals surface area contributed by atoms with Crippen molar-refractivity contribution in [2.24, 2.45) is 0 Å². The molecule has 2 saturated heterocycles. The van der Waals surface area contributed by atoms with E-state index in [0.29, 0.717) is 11.3 Å². The smallest absolute Gasteiger partial charge is 0.303 e. The maximum atomic E-state index is 13.7. The fourth-order valence-electron chi connectivity index (χ4n) is 3.94. The molecular formula is C24H26N2O10S2. The largest absolute Gasteiger partial charge is 0.463 e. The highest BCUT2D eigenvalue weighted by molar-refractivity contribution is 8.26. The second-order valence-corrected chi connectivity index (χ2v) is 9.95. The van der Waals surface area contributed by atoms with E-state index in [1.54, 1.807) is 31.3 Å². The van der Waals surface area contributed by atoms with Gasteiger partial charge in [-0.2, -0.15) is 0 Å². The van der Waals surface area contributed by atoms with Gasteiger partial charge in [-0.25, -0.2) is 0 Å². The highest BCUT2D eigenvalue weighted by atomic mass is 32.2. The first-order chi connectivity index (χ1) is 17.9. The van der Waals surface area contributed by atoms with Gasteiger partial charge in [0.2, 0.25) is 0 Å². The van der Waals surface area contributed by atoms with Gasteiger partial charge in [0.05, 0.1) is 10.6 Å². The summed E-state index contributed by atoms with van der Waals surface area (Å²) >= 11 is 6.49. The fourth-order valence-corrected chi connectivity index (χ4v) is 5.28. The van der Waals surface area contributed by atoms with E-state index in [1.807, 2.05) is 0 Å². The normalized spacial score (nSPS) is 26.4. The molecule has 2 aliphatic rings. The lowest BCUT2D eigenvalue weighted by molar-refractivity contribution is -0.268. The summed E-state index contributed by atoms with van der Waals surface area (Å²) in [6.07, 6.45) is -5.28. The molecule has 38 heavy (non-hydrogen) atoms. The highest BCUT2D eigenvalue weighted by Gasteiger charge is 2.56. The number of amides is 1. The Balaban J connectivity index is 2.09. The molecule has 12 nitrogen and oxygen atoms in total. The monoisotopic (exact) mass is 566 g/mol. The minimum atomic E-state index is -1.45. The summed E-state index contributed by atoms with van der Waals surface area (Å²) in [6.45, 7) is 5.80. The van der Waals surface area contributed by atoms with Gasteiger partial charge >= 0.3 is 23.9 Å². The maximum absolute atomic E-state index is 13.7. The molecule has 1 aromatic rings. The lowest BCUT2D eigenvalue weighted by atomic mass is 9.96. The summed E-state index contributed by atoms with van der Waals surface area (Å²) in [4.78, 5) is 66.9. The van der Waals surface area contributed by atoms with Crippen molar-refractivity contribution in [1.29, 1.82) is 0 Å². The zero-order valence-electron chi connectivity index (χ0n) is 21.2. The summed E-state index contributed by atoms with van der Waals surface area (Å²) in [5, 5.41) is 0. The second-order valence-electron chi connectivity index (χ2n) is 8.30. The number of aromatic nitrogens is 1. The summed E-state index contributed by atoms with van der Waals surface area (Å²) in [6, 6.07) is 5.24. The molecule has 0 bridgehead atoms. The van der Waals surface area contributed by atoms with E-state index in [-0.39, 0.29) is 9.23 Å². The van der Waals surface area contributed by atoms with Crippen LogP contribution in [0.25, 0.3) is 5.57 Å². The molecule has 204 valence electrons. The Morgan fingerprint density at radius 2 is 1.55 bits per heavy atom. The second kappa shape index (κ2) is 12.5. The van der Waals surface area contributed by atoms with Crippen LogP contribution < -0.4 is 0 Å². The Morgan fingerprint density at radius 3 is 2.11 bits per heavy atom. The molecule has 0 N–H and O–H groups in total. The van der Waals surface area contributed by atoms with Crippen LogP contribution in [0.1, 0.15) is 40.3 Å². The third-order valence-electron chi connectivity index (χ3n) is 5.41. The lowest BCUT2D eigenvalue weighted by Gasteiger charge is -2.46. The molecular weight excluding hydrogens is 540 g/mol. The van der Waals surface area contributed by atoms with Crippen molar-refractivity contribution in [3.63, 3.8) is 0 Å². The van der Waals surface area contributed by atoms with Crippen LogP contribution in [0.4, 0.5) is 0 Å². The third-order valence-corrected chi connectivity index (χ3v) is 6.91. The van der Waals surface area contributed by atoms with Crippen molar-refractivity contribution in [3.8, 4) is 0 Å². The van der Waals surface area contributed by atoms with Gasteiger partial charge in [0, 0.05) is 33.9 Å². The molecule has 2 aliphatic heterocycles. The zero-order chi connectivity index (χ0) is 28.1. The van der Waals surface area contributed by atoms with Crippen molar-refractivity contribution in [1.82, 2.24) is 9.88 Å². The van der Waals surface area contributed by atoms with E-state index in [4.69, 9.17) is 35.9 Å². The Labute approximate surface area is 228 Å². The van der Waals surface area contributed by atoms with Gasteiger partial charge < -0.3 is 23.7 Å². The van der Waals surface area contributed by atoms with Gasteiger partial charge in [-0.3, -0.25) is 33.9 Å². The number of nitrogens with zero attached hydrogens (tertiary/aromatic N) is 2. The number of carbonyl (C=O) groups is 5. The molecule has 0 radical (unpaired) electrons. The molecule has 1 aromatic heterocycles. The van der Waals surface area contributed by atoms with E-state index >= 15 is 0 Å². The number of allylic oxidation sites excluding steroid dienone is 1. The Kier molecular flexibility index (Phi) is 9.57. The first-order valence-electron chi connectivity index (χ1n) is 11.4. The number of ether oxygens (including phenoxy) is 5. The standard InChI is InChI=1S/C24H26N2O10S2/c1-11(16-8-6-7-9-25-16)21-22(31)26(24(37)38-21)23-20(35-15(5)30)19(34-14(4)29)18(33-13(3)28)17(36-23)10-32-12(2)27/h6-9,17-20,23H,10H2,1-5H3. The van der Waals surface area contributed by atoms with Gasteiger partial charge in [-0.05, 0) is 24.6 Å². The molecule has 5 unspecified atom stereocenters. The number of hydrogen-bond donors (Lipinski definition) is 0. The SMILES string of the molecule is CC(=O)OCC1OC(N2C(=O)C(=C(C)c3ccccn3)SC2=S)C(OC(C)=O)C(OC(C)=O)C1OC(C)=O. The Bertz CT molecular complexity index is 1170. The van der Waals surface area contributed by atoms with Crippen molar-refractivity contribution in [2.45, 2.75) is 65.3 Å². The number of thioether (sulfide) groups is 1. The molecule has 0 aromatic carbocycles. The average Bonchev–Trinajstić information content (AvgIpc) is 3.13. The molecule has 0 aliphatic carbocycles. The first-order valence-corrected chi connectivity index (χ1v) is 12.6. The minimum absolute atomic E-state index is 0.0705. The van der Waals surface area contributed by atoms with Crippen LogP contribution in [0.2, 0.25) is 0 Å². The Hall–Kier alpha value is -3.36. The van der Waals surface area contributed by atoms with Crippen molar-refractivity contribution in [3.05, 3.63) is 35.0 Å². The minimum Gasteiger partial charge on any atom is -0.463 e. The molecule has 3 rings (SSSR count). The summed E-state index contributed by atoms with van der Waals surface area (Å²) in [7, 11) is 0. The van der Waals surface area contributed by atoms with Gasteiger partial charge in [0.25, 0.3) is 5.91 Å². The van der Waals surface area contributed by atoms with E-state index in [9.17, 15) is 24.0 Å². The number of carbonyl (C=O) groups excluding carboxylic acids is 5. The van der Waals surface area contributed by atoms with Crippen molar-refractivity contribution in [2.75, 3.05) is 6.61 Å². The topological polar surface area (TPSA) is 148 Å². The molecule has 0 spiro atoms. The molecule has 3 heterocycles. The molecule has 5 atom stereocenters. The van der Waals surface area contributed by atoms with E-state index in [2.05, 4.69) is 4.98 Å². The van der Waals surface area contributed by atoms with Gasteiger partial charge in [-0.1, -0.05) is 30.0 Å². The van der Waals surface area contributed by atoms with Crippen LogP contribution in [0.15, 0.2) is 29.3 Å². The summed E-state index contributed by atoms with van der Waals surface area (Å²) < 4.78 is 27.5. The predicted octanol–water partition coefficient (Wildman–Crippen LogP) is 1.76. The van der Waals surface area contributed by atoms with Crippen LogP contribution in [-0.4, -0.2) is 81.2 Å². The number of thiocarbonyl (C=S) groups is 1. The van der Waals surface area contributed by atoms with Gasteiger partial charge in [0.1, 0.15) is 12.7 Å². The van der Waals surface area contributed by atoms with Gasteiger partial charge in [-0.15, -0.1) is 0 Å². The fraction of sp³-hybridized carbons (Fsp3) is 0.458. The van der Waals surface area contributed by atoms with E-state index in [0.717, 1.165) is 37.4 Å². The van der Waals surface area contributed by atoms with Gasteiger partial charge in [0.15, 0.2) is 28.9 Å². The van der Waals surface area contributed by atoms with Crippen LogP contribution in [0, 0.1) is 0 Å². The molecule has 1 amide bonds. The van der Waals surface area contributed by atoms with Crippen LogP contribution in [0.5, 0.6) is 0 Å². The first kappa shape index (κ1) is 29.2. The predicted molar refractivity (Wildman–Crippen MR) is 136 cm³/mol. The lowest BCUT2D eigenvalue weighted by Crippen LogP contribution is -2.66. The number of esters is 4. The van der Waals surface area contributed by atoms with Crippen LogP contribution >= 0.6 is 24.0 Å². The summed E-state index contributed by atoms with van der Waals surface area (Å²) in [5.74, 6) is -3.55. The zero-order valence-corrected chi connectivity index (χ0v) is 22.8. The van der Waals surface area contributed by atoms with E-state index < -0.39 is 67.0 Å². The van der Waals surface area contributed by atoms with E-state index in [1.165, 1.54) is 6.92 Å².